The van der Waals surface area contributed by atoms with E-state index >= 15 is 0 Å². The zero-order chi connectivity index (χ0) is 16.0. The number of carbonyl (C=O) groups excluding carboxylic acids is 2. The van der Waals surface area contributed by atoms with E-state index in [1.54, 1.807) is 0 Å². The van der Waals surface area contributed by atoms with Gasteiger partial charge in [0, 0.05) is 5.69 Å². The molecule has 2 amide bonds. The first kappa shape index (κ1) is 16.5. The van der Waals surface area contributed by atoms with Crippen molar-refractivity contribution in [1.29, 1.82) is 0 Å². The lowest BCUT2D eigenvalue weighted by atomic mass is 9.82. The van der Waals surface area contributed by atoms with E-state index in [1.807, 2.05) is 24.3 Å². The molecule has 1 aromatic rings. The van der Waals surface area contributed by atoms with Crippen LogP contribution in [0, 0.1) is 0 Å². The average molecular weight is 303 g/mol. The van der Waals surface area contributed by atoms with Crippen LogP contribution in [0.1, 0.15) is 44.6 Å². The molecule has 0 aromatic heterocycles. The number of amides is 2. The molecule has 5 nitrogen and oxygen atoms in total. The molecular weight excluding hydrogens is 278 g/mol. The maximum atomic E-state index is 12.2. The molecule has 0 radical (unpaired) electrons. The van der Waals surface area contributed by atoms with Crippen LogP contribution in [0.3, 0.4) is 0 Å². The molecular formula is C17H25N3O2. The Labute approximate surface area is 131 Å². The van der Waals surface area contributed by atoms with Crippen LogP contribution >= 0.6 is 0 Å². The lowest BCUT2D eigenvalue weighted by molar-refractivity contribution is -0.129. The minimum Gasteiger partial charge on any atom is -0.345 e. The first-order chi connectivity index (χ1) is 10.5. The van der Waals surface area contributed by atoms with Gasteiger partial charge in [0.15, 0.2) is 0 Å². The fraction of sp³-hybridized carbons (Fsp3) is 0.529. The van der Waals surface area contributed by atoms with Crippen LogP contribution in [0.2, 0.25) is 0 Å². The van der Waals surface area contributed by atoms with Crippen molar-refractivity contribution in [1.82, 2.24) is 5.32 Å². The van der Waals surface area contributed by atoms with Crippen LogP contribution in [0.25, 0.3) is 0 Å². The second-order valence-electron chi connectivity index (χ2n) is 6.00. The molecule has 120 valence electrons. The normalized spacial score (nSPS) is 16.8. The Hall–Kier alpha value is -1.88. The maximum Gasteiger partial charge on any atom is 0.243 e. The standard InChI is InChI=1S/C17H25N3O2/c1-2-13-7-6-8-14(11-13)20-15(21)12-19-16(22)17(18)9-4-3-5-10-17/h6-8,11H,2-5,9-10,12,18H2,1H3,(H,19,22)(H,20,21). The van der Waals surface area contributed by atoms with Gasteiger partial charge in [0.1, 0.15) is 0 Å². The largest absolute Gasteiger partial charge is 0.345 e. The van der Waals surface area contributed by atoms with E-state index in [2.05, 4.69) is 17.6 Å². The molecule has 0 saturated heterocycles. The second kappa shape index (κ2) is 7.40. The summed E-state index contributed by atoms with van der Waals surface area (Å²) in [6.07, 6.45) is 5.37. The summed E-state index contributed by atoms with van der Waals surface area (Å²) in [7, 11) is 0. The summed E-state index contributed by atoms with van der Waals surface area (Å²) < 4.78 is 0. The molecule has 1 aliphatic carbocycles. The lowest BCUT2D eigenvalue weighted by Crippen LogP contribution is -2.56. The van der Waals surface area contributed by atoms with Gasteiger partial charge in [-0.1, -0.05) is 38.3 Å². The van der Waals surface area contributed by atoms with Gasteiger partial charge in [0.25, 0.3) is 0 Å². The third-order valence-electron chi connectivity index (χ3n) is 4.23. The monoisotopic (exact) mass is 303 g/mol. The molecule has 1 saturated carbocycles. The van der Waals surface area contributed by atoms with Crippen LogP contribution in [-0.2, 0) is 16.0 Å². The number of rotatable bonds is 5. The Morgan fingerprint density at radius 3 is 2.64 bits per heavy atom. The van der Waals surface area contributed by atoms with E-state index in [0.29, 0.717) is 12.8 Å². The van der Waals surface area contributed by atoms with Crippen LogP contribution in [0.4, 0.5) is 5.69 Å². The van der Waals surface area contributed by atoms with Gasteiger partial charge in [-0.25, -0.2) is 0 Å². The Balaban J connectivity index is 1.83. The molecule has 0 heterocycles. The van der Waals surface area contributed by atoms with Gasteiger partial charge >= 0.3 is 0 Å². The number of carbonyl (C=O) groups is 2. The summed E-state index contributed by atoms with van der Waals surface area (Å²) in [4.78, 5) is 24.1. The summed E-state index contributed by atoms with van der Waals surface area (Å²) in [5, 5.41) is 5.46. The van der Waals surface area contributed by atoms with Gasteiger partial charge in [-0.15, -0.1) is 0 Å². The van der Waals surface area contributed by atoms with Gasteiger partial charge in [0.2, 0.25) is 11.8 Å². The average Bonchev–Trinajstić information content (AvgIpc) is 2.53. The van der Waals surface area contributed by atoms with E-state index in [1.165, 1.54) is 0 Å². The zero-order valence-corrected chi connectivity index (χ0v) is 13.2. The maximum absolute atomic E-state index is 12.2. The van der Waals surface area contributed by atoms with Crippen molar-refractivity contribution in [2.24, 2.45) is 5.73 Å². The Kier molecular flexibility index (Phi) is 5.55. The number of anilines is 1. The number of nitrogens with two attached hydrogens (primary N) is 1. The van der Waals surface area contributed by atoms with Crippen LogP contribution < -0.4 is 16.4 Å². The highest BCUT2D eigenvalue weighted by atomic mass is 16.2. The second-order valence-corrected chi connectivity index (χ2v) is 6.00. The van der Waals surface area contributed by atoms with Crippen molar-refractivity contribution in [3.8, 4) is 0 Å². The molecule has 0 unspecified atom stereocenters. The predicted molar refractivity (Wildman–Crippen MR) is 87.5 cm³/mol. The number of hydrogen-bond acceptors (Lipinski definition) is 3. The number of aryl methyl sites for hydroxylation is 1. The molecule has 1 aromatic carbocycles. The molecule has 0 aliphatic heterocycles. The number of hydrogen-bond donors (Lipinski definition) is 3. The molecule has 1 aliphatic rings. The third-order valence-corrected chi connectivity index (χ3v) is 4.23. The first-order valence-electron chi connectivity index (χ1n) is 7.99. The minimum absolute atomic E-state index is 0.0475. The summed E-state index contributed by atoms with van der Waals surface area (Å²) >= 11 is 0. The highest BCUT2D eigenvalue weighted by molar-refractivity contribution is 5.96. The van der Waals surface area contributed by atoms with E-state index in [9.17, 15) is 9.59 Å². The minimum atomic E-state index is -0.805. The zero-order valence-electron chi connectivity index (χ0n) is 13.2. The van der Waals surface area contributed by atoms with Gasteiger partial charge in [0.05, 0.1) is 12.1 Å². The van der Waals surface area contributed by atoms with E-state index in [4.69, 9.17) is 5.73 Å². The number of nitrogens with one attached hydrogen (secondary N) is 2. The molecule has 0 atom stereocenters. The molecule has 4 N–H and O–H groups in total. The molecule has 5 heteroatoms. The van der Waals surface area contributed by atoms with Gasteiger partial charge in [-0.3, -0.25) is 9.59 Å². The Morgan fingerprint density at radius 2 is 1.95 bits per heavy atom. The Bertz CT molecular complexity index is 536. The summed E-state index contributed by atoms with van der Waals surface area (Å²) in [5.74, 6) is -0.453. The molecule has 22 heavy (non-hydrogen) atoms. The van der Waals surface area contributed by atoms with Crippen molar-refractivity contribution < 1.29 is 9.59 Å². The fourth-order valence-electron chi connectivity index (χ4n) is 2.82. The molecule has 0 spiro atoms. The quantitative estimate of drug-likeness (QED) is 0.777. The van der Waals surface area contributed by atoms with Gasteiger partial charge in [-0.05, 0) is 37.0 Å². The smallest absolute Gasteiger partial charge is 0.243 e. The van der Waals surface area contributed by atoms with Crippen molar-refractivity contribution in [2.45, 2.75) is 51.0 Å². The predicted octanol–water partition coefficient (Wildman–Crippen LogP) is 1.97. The SMILES string of the molecule is CCc1cccc(NC(=O)CNC(=O)C2(N)CCCCC2)c1. The van der Waals surface area contributed by atoms with Crippen molar-refractivity contribution in [2.75, 3.05) is 11.9 Å². The van der Waals surface area contributed by atoms with E-state index < -0.39 is 5.54 Å². The molecule has 0 bridgehead atoms. The van der Waals surface area contributed by atoms with Crippen molar-refractivity contribution in [3.63, 3.8) is 0 Å². The van der Waals surface area contributed by atoms with Crippen LogP contribution in [0.15, 0.2) is 24.3 Å². The highest BCUT2D eigenvalue weighted by Gasteiger charge is 2.35. The van der Waals surface area contributed by atoms with Crippen molar-refractivity contribution >= 4 is 17.5 Å². The van der Waals surface area contributed by atoms with Crippen LogP contribution in [0.5, 0.6) is 0 Å². The summed E-state index contributed by atoms with van der Waals surface area (Å²) in [6, 6.07) is 7.69. The highest BCUT2D eigenvalue weighted by Crippen LogP contribution is 2.25. The van der Waals surface area contributed by atoms with E-state index in [-0.39, 0.29) is 18.4 Å². The molecule has 2 rings (SSSR count). The van der Waals surface area contributed by atoms with Gasteiger partial charge in [-0.2, -0.15) is 0 Å². The Morgan fingerprint density at radius 1 is 1.23 bits per heavy atom. The van der Waals surface area contributed by atoms with Crippen molar-refractivity contribution in [3.05, 3.63) is 29.8 Å². The third kappa shape index (κ3) is 4.31. The van der Waals surface area contributed by atoms with E-state index in [0.717, 1.165) is 36.9 Å². The summed E-state index contributed by atoms with van der Waals surface area (Å²) in [5.41, 5.74) is 7.24. The van der Waals surface area contributed by atoms with Gasteiger partial charge < -0.3 is 16.4 Å². The number of benzene rings is 1. The molecule has 1 fully saturated rings. The summed E-state index contributed by atoms with van der Waals surface area (Å²) in [6.45, 7) is 2.01. The first-order valence-corrected chi connectivity index (χ1v) is 7.99. The van der Waals surface area contributed by atoms with Crippen LogP contribution in [-0.4, -0.2) is 23.9 Å². The topological polar surface area (TPSA) is 84.2 Å². The lowest BCUT2D eigenvalue weighted by Gasteiger charge is -2.31. The fourth-order valence-corrected chi connectivity index (χ4v) is 2.82.